The predicted octanol–water partition coefficient (Wildman–Crippen LogP) is 4.48. The Morgan fingerprint density at radius 2 is 1.88 bits per heavy atom. The van der Waals surface area contributed by atoms with Gasteiger partial charge >= 0.3 is 5.97 Å². The molecule has 1 aromatic heterocycles. The number of carbonyl (C=O) groups is 1. The van der Waals surface area contributed by atoms with Crippen LogP contribution >= 0.6 is 15.9 Å². The molecule has 1 heterocycles. The molecule has 3 rings (SSSR count). The van der Waals surface area contributed by atoms with Crippen LogP contribution in [0.15, 0.2) is 57.5 Å². The summed E-state index contributed by atoms with van der Waals surface area (Å²) in [6.45, 7) is 0.0160. The fourth-order valence-electron chi connectivity index (χ4n) is 2.34. The summed E-state index contributed by atoms with van der Waals surface area (Å²) >= 11 is 3.32. The SMILES string of the molecule is COc1ccc(-c2cc(COC(=O)c3cccc(Br)c3)no2)cc1OC. The van der Waals surface area contributed by atoms with Gasteiger partial charge in [0.15, 0.2) is 17.3 Å². The molecule has 6 nitrogen and oxygen atoms in total. The van der Waals surface area contributed by atoms with Crippen molar-refractivity contribution in [1.29, 1.82) is 0 Å². The number of aromatic nitrogens is 1. The average molecular weight is 418 g/mol. The Kier molecular flexibility index (Phi) is 5.58. The molecule has 0 aliphatic heterocycles. The van der Waals surface area contributed by atoms with Crippen LogP contribution in [0.4, 0.5) is 0 Å². The van der Waals surface area contributed by atoms with Gasteiger partial charge in [-0.3, -0.25) is 0 Å². The summed E-state index contributed by atoms with van der Waals surface area (Å²) in [7, 11) is 3.14. The van der Waals surface area contributed by atoms with Crippen LogP contribution in [-0.2, 0) is 11.3 Å². The summed E-state index contributed by atoms with van der Waals surface area (Å²) in [5.74, 6) is 1.32. The number of esters is 1. The molecule has 134 valence electrons. The molecule has 0 atom stereocenters. The van der Waals surface area contributed by atoms with E-state index in [9.17, 15) is 4.79 Å². The zero-order chi connectivity index (χ0) is 18.5. The lowest BCUT2D eigenvalue weighted by Crippen LogP contribution is -2.05. The lowest BCUT2D eigenvalue weighted by molar-refractivity contribution is 0.0464. The first-order valence-corrected chi connectivity index (χ1v) is 8.50. The minimum atomic E-state index is -0.429. The Bertz CT molecular complexity index is 922. The number of nitrogens with zero attached hydrogens (tertiary/aromatic N) is 1. The fourth-order valence-corrected chi connectivity index (χ4v) is 2.74. The van der Waals surface area contributed by atoms with Crippen molar-refractivity contribution in [2.75, 3.05) is 14.2 Å². The quantitative estimate of drug-likeness (QED) is 0.550. The van der Waals surface area contributed by atoms with Crippen LogP contribution in [0.5, 0.6) is 11.5 Å². The van der Waals surface area contributed by atoms with E-state index in [2.05, 4.69) is 21.1 Å². The van der Waals surface area contributed by atoms with Crippen molar-refractivity contribution in [1.82, 2.24) is 5.16 Å². The van der Waals surface area contributed by atoms with Crippen molar-refractivity contribution in [3.63, 3.8) is 0 Å². The van der Waals surface area contributed by atoms with Crippen molar-refractivity contribution in [2.24, 2.45) is 0 Å². The fraction of sp³-hybridized carbons (Fsp3) is 0.158. The van der Waals surface area contributed by atoms with Gasteiger partial charge in [-0.05, 0) is 36.4 Å². The van der Waals surface area contributed by atoms with Crippen molar-refractivity contribution >= 4 is 21.9 Å². The normalized spacial score (nSPS) is 10.4. The second-order valence-corrected chi connectivity index (χ2v) is 6.25. The molecule has 0 saturated carbocycles. The van der Waals surface area contributed by atoms with Crippen LogP contribution in [0, 0.1) is 0 Å². The van der Waals surface area contributed by atoms with Crippen molar-refractivity contribution in [3.05, 3.63) is 64.3 Å². The van der Waals surface area contributed by atoms with Gasteiger partial charge in [0, 0.05) is 16.1 Å². The molecule has 0 amide bonds. The van der Waals surface area contributed by atoms with Crippen LogP contribution in [-0.4, -0.2) is 25.3 Å². The molecule has 0 aliphatic rings. The van der Waals surface area contributed by atoms with Gasteiger partial charge in [0.05, 0.1) is 19.8 Å². The van der Waals surface area contributed by atoms with Crippen LogP contribution < -0.4 is 9.47 Å². The number of carbonyl (C=O) groups excluding carboxylic acids is 1. The lowest BCUT2D eigenvalue weighted by Gasteiger charge is -2.07. The monoisotopic (exact) mass is 417 g/mol. The summed E-state index contributed by atoms with van der Waals surface area (Å²) in [4.78, 5) is 12.1. The van der Waals surface area contributed by atoms with Crippen molar-refractivity contribution < 1.29 is 23.5 Å². The maximum atomic E-state index is 12.1. The topological polar surface area (TPSA) is 70.8 Å². The second kappa shape index (κ2) is 8.05. The van der Waals surface area contributed by atoms with Gasteiger partial charge in [0.25, 0.3) is 0 Å². The van der Waals surface area contributed by atoms with Gasteiger partial charge in [-0.25, -0.2) is 4.79 Å². The highest BCUT2D eigenvalue weighted by molar-refractivity contribution is 9.10. The first-order chi connectivity index (χ1) is 12.6. The number of halogens is 1. The second-order valence-electron chi connectivity index (χ2n) is 5.34. The molecule has 2 aromatic carbocycles. The van der Waals surface area contributed by atoms with Gasteiger partial charge < -0.3 is 18.7 Å². The molecule has 7 heteroatoms. The number of rotatable bonds is 6. The Morgan fingerprint density at radius 1 is 1.08 bits per heavy atom. The van der Waals surface area contributed by atoms with Crippen molar-refractivity contribution in [2.45, 2.75) is 6.61 Å². The maximum absolute atomic E-state index is 12.1. The summed E-state index contributed by atoms with van der Waals surface area (Å²) in [5.41, 5.74) is 1.75. The van der Waals surface area contributed by atoms with Gasteiger partial charge in [0.2, 0.25) is 0 Å². The number of methoxy groups -OCH3 is 2. The summed E-state index contributed by atoms with van der Waals surface area (Å²) in [6.07, 6.45) is 0. The first kappa shape index (κ1) is 18.0. The Hall–Kier alpha value is -2.80. The summed E-state index contributed by atoms with van der Waals surface area (Å²) in [6, 6.07) is 14.1. The van der Waals surface area contributed by atoms with E-state index in [1.165, 1.54) is 0 Å². The molecule has 0 aliphatic carbocycles. The maximum Gasteiger partial charge on any atom is 0.338 e. The molecule has 3 aromatic rings. The highest BCUT2D eigenvalue weighted by atomic mass is 79.9. The van der Waals surface area contributed by atoms with Gasteiger partial charge in [-0.1, -0.05) is 27.2 Å². The average Bonchev–Trinajstić information content (AvgIpc) is 3.14. The summed E-state index contributed by atoms with van der Waals surface area (Å²) in [5, 5.41) is 3.94. The Balaban J connectivity index is 1.69. The molecule has 0 unspecified atom stereocenters. The zero-order valence-corrected chi connectivity index (χ0v) is 15.8. The zero-order valence-electron chi connectivity index (χ0n) is 14.2. The van der Waals surface area contributed by atoms with E-state index < -0.39 is 5.97 Å². The van der Waals surface area contributed by atoms with Gasteiger partial charge in [-0.15, -0.1) is 0 Å². The largest absolute Gasteiger partial charge is 0.493 e. The number of benzene rings is 2. The molecular formula is C19H16BrNO5. The highest BCUT2D eigenvalue weighted by Gasteiger charge is 2.13. The first-order valence-electron chi connectivity index (χ1n) is 7.71. The number of hydrogen-bond acceptors (Lipinski definition) is 6. The molecule has 0 bridgehead atoms. The van der Waals surface area contributed by atoms with E-state index in [1.807, 2.05) is 12.1 Å². The Morgan fingerprint density at radius 3 is 2.62 bits per heavy atom. The van der Waals surface area contributed by atoms with Crippen LogP contribution in [0.1, 0.15) is 16.1 Å². The lowest BCUT2D eigenvalue weighted by atomic mass is 10.1. The summed E-state index contributed by atoms with van der Waals surface area (Å²) < 4.78 is 21.9. The number of hydrogen-bond donors (Lipinski definition) is 0. The van der Waals surface area contributed by atoms with E-state index in [4.69, 9.17) is 18.7 Å². The van der Waals surface area contributed by atoms with E-state index in [0.717, 1.165) is 10.0 Å². The van der Waals surface area contributed by atoms with E-state index in [-0.39, 0.29) is 6.61 Å². The molecule has 0 saturated heterocycles. The smallest absolute Gasteiger partial charge is 0.338 e. The van der Waals surface area contributed by atoms with Gasteiger partial charge in [-0.2, -0.15) is 0 Å². The molecule has 0 fully saturated rings. The minimum absolute atomic E-state index is 0.0160. The van der Waals surface area contributed by atoms with Crippen LogP contribution in [0.3, 0.4) is 0 Å². The Labute approximate surface area is 158 Å². The van der Waals surface area contributed by atoms with E-state index in [0.29, 0.717) is 28.5 Å². The molecule has 0 radical (unpaired) electrons. The molecule has 0 spiro atoms. The number of ether oxygens (including phenoxy) is 3. The van der Waals surface area contributed by atoms with Gasteiger partial charge in [0.1, 0.15) is 12.3 Å². The molecule has 26 heavy (non-hydrogen) atoms. The third-order valence-corrected chi connectivity index (χ3v) is 4.13. The van der Waals surface area contributed by atoms with E-state index in [1.54, 1.807) is 50.6 Å². The third-order valence-electron chi connectivity index (χ3n) is 3.64. The minimum Gasteiger partial charge on any atom is -0.493 e. The highest BCUT2D eigenvalue weighted by Crippen LogP contribution is 2.32. The predicted molar refractivity (Wildman–Crippen MR) is 98.3 cm³/mol. The molecule has 0 N–H and O–H groups in total. The van der Waals surface area contributed by atoms with Crippen LogP contribution in [0.2, 0.25) is 0 Å². The van der Waals surface area contributed by atoms with Crippen molar-refractivity contribution in [3.8, 4) is 22.8 Å². The standard InChI is InChI=1S/C19H16BrNO5/c1-23-16-7-6-12(9-18(16)24-2)17-10-15(21-26-17)11-25-19(22)13-4-3-5-14(20)8-13/h3-10H,11H2,1-2H3. The third kappa shape index (κ3) is 4.05. The van der Waals surface area contributed by atoms with E-state index >= 15 is 0 Å². The van der Waals surface area contributed by atoms with Crippen LogP contribution in [0.25, 0.3) is 11.3 Å². The molecular weight excluding hydrogens is 402 g/mol.